The standard InChI is InChI=1S/C32H31F7N4O2/c33-25-6-8-26(9-7-25)40-29(44)20-41-12-14-42(15-13-41)28-10-11-43(19-27(28)21-4-2-1-3-5-21)30(45)22-16-23(31(34,35)36)18-24(17-22)32(37,38)39/h1-9,16-18,27-28H,10-15,19-20H2,(H,40,44)/t27-,28-/m0/s1. The van der Waals surface area contributed by atoms with Crippen LogP contribution >= 0.6 is 0 Å². The molecule has 240 valence electrons. The van der Waals surface area contributed by atoms with Crippen LogP contribution in [0.1, 0.15) is 39.4 Å². The lowest BCUT2D eigenvalue weighted by atomic mass is 9.84. The molecule has 2 amide bonds. The van der Waals surface area contributed by atoms with E-state index in [0.29, 0.717) is 50.4 Å². The molecule has 0 unspecified atom stereocenters. The first-order valence-corrected chi connectivity index (χ1v) is 14.4. The molecule has 2 aliphatic rings. The Morgan fingerprint density at radius 2 is 1.38 bits per heavy atom. The summed E-state index contributed by atoms with van der Waals surface area (Å²) in [5, 5.41) is 2.75. The quantitative estimate of drug-likeness (QED) is 0.332. The Balaban J connectivity index is 1.28. The molecule has 2 saturated heterocycles. The number of amides is 2. The van der Waals surface area contributed by atoms with Gasteiger partial charge in [-0.3, -0.25) is 19.4 Å². The van der Waals surface area contributed by atoms with Crippen molar-refractivity contribution in [1.82, 2.24) is 14.7 Å². The van der Waals surface area contributed by atoms with E-state index in [1.54, 1.807) is 0 Å². The number of likely N-dealkylation sites (tertiary alicyclic amines) is 1. The summed E-state index contributed by atoms with van der Waals surface area (Å²) in [4.78, 5) is 31.6. The number of nitrogens with one attached hydrogen (secondary N) is 1. The average Bonchev–Trinajstić information content (AvgIpc) is 3.01. The van der Waals surface area contributed by atoms with Crippen molar-refractivity contribution in [3.63, 3.8) is 0 Å². The zero-order chi connectivity index (χ0) is 32.4. The molecule has 0 radical (unpaired) electrons. The van der Waals surface area contributed by atoms with Gasteiger partial charge in [0.25, 0.3) is 5.91 Å². The van der Waals surface area contributed by atoms with Crippen LogP contribution < -0.4 is 5.32 Å². The molecule has 1 N–H and O–H groups in total. The third-order valence-electron chi connectivity index (χ3n) is 8.30. The van der Waals surface area contributed by atoms with Crippen LogP contribution in [0, 0.1) is 5.82 Å². The Labute approximate surface area is 255 Å². The Morgan fingerprint density at radius 1 is 0.778 bits per heavy atom. The van der Waals surface area contributed by atoms with Gasteiger partial charge in [0, 0.05) is 62.5 Å². The van der Waals surface area contributed by atoms with Crippen LogP contribution in [0.15, 0.2) is 72.8 Å². The van der Waals surface area contributed by atoms with Crippen LogP contribution in [0.25, 0.3) is 0 Å². The molecule has 0 aliphatic carbocycles. The van der Waals surface area contributed by atoms with Gasteiger partial charge < -0.3 is 10.2 Å². The molecule has 0 aromatic heterocycles. The van der Waals surface area contributed by atoms with Crippen molar-refractivity contribution in [2.75, 3.05) is 51.1 Å². The number of alkyl halides is 6. The Kier molecular flexibility index (Phi) is 9.49. The maximum absolute atomic E-state index is 13.5. The van der Waals surface area contributed by atoms with Crippen molar-refractivity contribution in [2.45, 2.75) is 30.7 Å². The average molecular weight is 637 g/mol. The molecule has 0 saturated carbocycles. The van der Waals surface area contributed by atoms with Gasteiger partial charge in [0.05, 0.1) is 17.7 Å². The molecule has 13 heteroatoms. The van der Waals surface area contributed by atoms with E-state index in [0.717, 1.165) is 5.56 Å². The van der Waals surface area contributed by atoms with Crippen LogP contribution in [0.5, 0.6) is 0 Å². The van der Waals surface area contributed by atoms with Gasteiger partial charge in [0.2, 0.25) is 5.91 Å². The summed E-state index contributed by atoms with van der Waals surface area (Å²) in [5.74, 6) is -1.76. The van der Waals surface area contributed by atoms with E-state index >= 15 is 0 Å². The van der Waals surface area contributed by atoms with Gasteiger partial charge in [-0.15, -0.1) is 0 Å². The number of piperazine rings is 1. The van der Waals surface area contributed by atoms with E-state index in [-0.39, 0.29) is 43.6 Å². The number of nitrogens with zero attached hydrogens (tertiary/aromatic N) is 3. The molecule has 0 spiro atoms. The topological polar surface area (TPSA) is 55.9 Å². The lowest BCUT2D eigenvalue weighted by Gasteiger charge is -2.47. The summed E-state index contributed by atoms with van der Waals surface area (Å²) in [5.41, 5.74) is -2.32. The summed E-state index contributed by atoms with van der Waals surface area (Å²) in [6.45, 7) is 2.83. The maximum atomic E-state index is 13.5. The lowest BCUT2D eigenvalue weighted by Crippen LogP contribution is -2.57. The number of hydrogen-bond donors (Lipinski definition) is 1. The van der Waals surface area contributed by atoms with Gasteiger partial charge >= 0.3 is 12.4 Å². The molecule has 45 heavy (non-hydrogen) atoms. The molecule has 3 aromatic rings. The largest absolute Gasteiger partial charge is 0.416 e. The summed E-state index contributed by atoms with van der Waals surface area (Å²) < 4.78 is 93.9. The van der Waals surface area contributed by atoms with E-state index < -0.39 is 40.8 Å². The predicted molar refractivity (Wildman–Crippen MR) is 153 cm³/mol. The predicted octanol–water partition coefficient (Wildman–Crippen LogP) is 6.12. The lowest BCUT2D eigenvalue weighted by molar-refractivity contribution is -0.143. The molecule has 5 rings (SSSR count). The first kappa shape index (κ1) is 32.4. The van der Waals surface area contributed by atoms with E-state index in [2.05, 4.69) is 10.2 Å². The van der Waals surface area contributed by atoms with E-state index in [9.17, 15) is 40.3 Å². The molecule has 3 aromatic carbocycles. The van der Waals surface area contributed by atoms with Crippen LogP contribution in [0.2, 0.25) is 0 Å². The highest BCUT2D eigenvalue weighted by Gasteiger charge is 2.40. The molecule has 0 bridgehead atoms. The third kappa shape index (κ3) is 8.01. The van der Waals surface area contributed by atoms with Crippen molar-refractivity contribution in [3.05, 3.63) is 101 Å². The van der Waals surface area contributed by atoms with E-state index in [4.69, 9.17) is 0 Å². The number of rotatable bonds is 6. The monoisotopic (exact) mass is 636 g/mol. The third-order valence-corrected chi connectivity index (χ3v) is 8.30. The second kappa shape index (κ2) is 13.2. The van der Waals surface area contributed by atoms with Crippen LogP contribution in [-0.2, 0) is 17.1 Å². The Morgan fingerprint density at radius 3 is 1.96 bits per heavy atom. The van der Waals surface area contributed by atoms with E-state index in [1.807, 2.05) is 35.2 Å². The van der Waals surface area contributed by atoms with Gasteiger partial charge in [-0.25, -0.2) is 4.39 Å². The van der Waals surface area contributed by atoms with Crippen molar-refractivity contribution in [1.29, 1.82) is 0 Å². The number of halogens is 7. The Bertz CT molecular complexity index is 1460. The van der Waals surface area contributed by atoms with Crippen molar-refractivity contribution in [3.8, 4) is 0 Å². The minimum Gasteiger partial charge on any atom is -0.338 e. The Hall–Kier alpha value is -3.97. The smallest absolute Gasteiger partial charge is 0.338 e. The zero-order valence-corrected chi connectivity index (χ0v) is 24.0. The SMILES string of the molecule is O=C(CN1CCN([C@H]2CCN(C(=O)c3cc(C(F)(F)F)cc(C(F)(F)F)c3)C[C@H]2c2ccccc2)CC1)Nc1ccc(F)cc1. The van der Waals surface area contributed by atoms with E-state index in [1.165, 1.54) is 29.2 Å². The van der Waals surface area contributed by atoms with Crippen molar-refractivity contribution >= 4 is 17.5 Å². The zero-order valence-electron chi connectivity index (χ0n) is 24.0. The number of anilines is 1. The first-order valence-electron chi connectivity index (χ1n) is 14.4. The molecule has 2 aliphatic heterocycles. The minimum atomic E-state index is -5.06. The summed E-state index contributed by atoms with van der Waals surface area (Å²) in [6.07, 6.45) is -9.65. The normalized spacial score (nSPS) is 20.2. The molecular formula is C32H31F7N4O2. The fourth-order valence-electron chi connectivity index (χ4n) is 6.04. The number of carbonyl (C=O) groups is 2. The van der Waals surface area contributed by atoms with Gasteiger partial charge in [0.1, 0.15) is 5.82 Å². The summed E-state index contributed by atoms with van der Waals surface area (Å²) >= 11 is 0. The second-order valence-corrected chi connectivity index (χ2v) is 11.3. The van der Waals surface area contributed by atoms with Crippen molar-refractivity contribution < 1.29 is 40.3 Å². The molecule has 2 fully saturated rings. The fraction of sp³-hybridized carbons (Fsp3) is 0.375. The van der Waals surface area contributed by atoms with Crippen LogP contribution in [-0.4, -0.2) is 78.4 Å². The molecule has 2 heterocycles. The van der Waals surface area contributed by atoms with Crippen LogP contribution in [0.3, 0.4) is 0 Å². The van der Waals surface area contributed by atoms with Crippen molar-refractivity contribution in [2.24, 2.45) is 0 Å². The number of benzene rings is 3. The first-order chi connectivity index (χ1) is 21.3. The molecule has 6 nitrogen and oxygen atoms in total. The van der Waals surface area contributed by atoms with Crippen LogP contribution in [0.4, 0.5) is 36.4 Å². The highest BCUT2D eigenvalue weighted by atomic mass is 19.4. The number of hydrogen-bond acceptors (Lipinski definition) is 4. The second-order valence-electron chi connectivity index (χ2n) is 11.3. The highest BCUT2D eigenvalue weighted by molar-refractivity contribution is 5.95. The van der Waals surface area contributed by atoms with Gasteiger partial charge in [-0.1, -0.05) is 30.3 Å². The minimum absolute atomic E-state index is 0.0157. The molecular weight excluding hydrogens is 605 g/mol. The van der Waals surface area contributed by atoms with Gasteiger partial charge in [-0.05, 0) is 54.4 Å². The molecule has 2 atom stereocenters. The number of carbonyl (C=O) groups excluding carboxylic acids is 2. The summed E-state index contributed by atoms with van der Waals surface area (Å²) in [7, 11) is 0. The van der Waals surface area contributed by atoms with Gasteiger partial charge in [-0.2, -0.15) is 26.3 Å². The highest BCUT2D eigenvalue weighted by Crippen LogP contribution is 2.38. The maximum Gasteiger partial charge on any atom is 0.416 e. The fourth-order valence-corrected chi connectivity index (χ4v) is 6.04. The summed E-state index contributed by atoms with van der Waals surface area (Å²) in [6, 6.07) is 15.7. The van der Waals surface area contributed by atoms with Gasteiger partial charge in [0.15, 0.2) is 0 Å². The number of piperidine rings is 1.